The number of nitrogens with one attached hydrogen (secondary N) is 3. The molecule has 0 fully saturated rings. The van der Waals surface area contributed by atoms with E-state index in [0.29, 0.717) is 17.3 Å². The molecule has 2 atom stereocenters. The lowest BCUT2D eigenvalue weighted by atomic mass is 9.90. The summed E-state index contributed by atoms with van der Waals surface area (Å²) >= 11 is 6.58. The largest absolute Gasteiger partial charge is 0.484 e. The molecule has 36 heavy (non-hydrogen) atoms. The SMILES string of the molecule is CC(C)[C@H](NC(=O)COc1ccccc1)C(=O)NC[C@@H](c1ccccc1Cl)c1c[nH]c2ccccc12. The molecular formula is C29H30ClN3O3. The van der Waals surface area contributed by atoms with Gasteiger partial charge in [0.05, 0.1) is 0 Å². The van der Waals surface area contributed by atoms with Gasteiger partial charge in [0.15, 0.2) is 6.61 Å². The molecule has 4 aromatic rings. The van der Waals surface area contributed by atoms with Crippen LogP contribution in [0.5, 0.6) is 5.75 Å². The van der Waals surface area contributed by atoms with E-state index in [2.05, 4.69) is 21.7 Å². The Labute approximate surface area is 216 Å². The Morgan fingerprint density at radius 1 is 0.917 bits per heavy atom. The maximum Gasteiger partial charge on any atom is 0.258 e. The van der Waals surface area contributed by atoms with Crippen LogP contribution in [-0.4, -0.2) is 36.0 Å². The van der Waals surface area contributed by atoms with Crippen molar-refractivity contribution in [1.29, 1.82) is 0 Å². The summed E-state index contributed by atoms with van der Waals surface area (Å²) < 4.78 is 5.53. The van der Waals surface area contributed by atoms with Crippen molar-refractivity contribution in [2.75, 3.05) is 13.2 Å². The van der Waals surface area contributed by atoms with Crippen molar-refractivity contribution in [2.24, 2.45) is 5.92 Å². The zero-order chi connectivity index (χ0) is 25.5. The third kappa shape index (κ3) is 6.07. The van der Waals surface area contributed by atoms with Crippen LogP contribution in [0.1, 0.15) is 30.9 Å². The van der Waals surface area contributed by atoms with E-state index >= 15 is 0 Å². The van der Waals surface area contributed by atoms with Crippen molar-refractivity contribution in [3.63, 3.8) is 0 Å². The minimum Gasteiger partial charge on any atom is -0.484 e. The number of aromatic nitrogens is 1. The van der Waals surface area contributed by atoms with Gasteiger partial charge in [-0.05, 0) is 41.3 Å². The Balaban J connectivity index is 1.48. The van der Waals surface area contributed by atoms with Crippen LogP contribution in [-0.2, 0) is 9.59 Å². The van der Waals surface area contributed by atoms with E-state index in [1.165, 1.54) is 0 Å². The average Bonchev–Trinajstić information content (AvgIpc) is 3.31. The first-order valence-corrected chi connectivity index (χ1v) is 12.4. The van der Waals surface area contributed by atoms with Crippen molar-refractivity contribution >= 4 is 34.3 Å². The van der Waals surface area contributed by atoms with Gasteiger partial charge in [0.25, 0.3) is 5.91 Å². The van der Waals surface area contributed by atoms with Gasteiger partial charge in [-0.15, -0.1) is 0 Å². The number of ether oxygens (including phenoxy) is 1. The van der Waals surface area contributed by atoms with Gasteiger partial charge >= 0.3 is 0 Å². The van der Waals surface area contributed by atoms with Gasteiger partial charge in [0.1, 0.15) is 11.8 Å². The first kappa shape index (κ1) is 25.3. The summed E-state index contributed by atoms with van der Waals surface area (Å²) in [5.41, 5.74) is 2.98. The Bertz CT molecular complexity index is 1320. The molecule has 1 heterocycles. The first-order valence-electron chi connectivity index (χ1n) is 12.0. The normalized spacial score (nSPS) is 12.8. The number of hydrogen-bond donors (Lipinski definition) is 3. The standard InChI is InChI=1S/C29H30ClN3O3/c1-19(2)28(33-27(34)18-36-20-10-4-3-5-11-20)29(35)32-17-23(21-12-6-8-14-25(21)30)24-16-31-26-15-9-7-13-22(24)26/h3-16,19,23,28,31H,17-18H2,1-2H3,(H,32,35)(H,33,34)/t23-,28-/m0/s1. The number of aromatic amines is 1. The van der Waals surface area contributed by atoms with E-state index in [1.807, 2.05) is 80.7 Å². The van der Waals surface area contributed by atoms with E-state index < -0.39 is 6.04 Å². The monoisotopic (exact) mass is 503 g/mol. The minimum atomic E-state index is -0.702. The van der Waals surface area contributed by atoms with Crippen LogP contribution in [0, 0.1) is 5.92 Å². The second-order valence-electron chi connectivity index (χ2n) is 9.00. The third-order valence-electron chi connectivity index (χ3n) is 6.14. The van der Waals surface area contributed by atoms with Crippen LogP contribution in [0.2, 0.25) is 5.02 Å². The molecule has 2 amide bonds. The van der Waals surface area contributed by atoms with Crippen LogP contribution in [0.3, 0.4) is 0 Å². The molecule has 3 N–H and O–H groups in total. The molecule has 6 nitrogen and oxygen atoms in total. The lowest BCUT2D eigenvalue weighted by molar-refractivity contribution is -0.131. The number of para-hydroxylation sites is 2. The van der Waals surface area contributed by atoms with Gasteiger partial charge in [-0.3, -0.25) is 9.59 Å². The number of fused-ring (bicyclic) bond motifs is 1. The van der Waals surface area contributed by atoms with Crippen molar-refractivity contribution < 1.29 is 14.3 Å². The molecule has 3 aromatic carbocycles. The Hall–Kier alpha value is -3.77. The fourth-order valence-corrected chi connectivity index (χ4v) is 4.52. The lowest BCUT2D eigenvalue weighted by Crippen LogP contribution is -2.51. The van der Waals surface area contributed by atoms with E-state index in [1.54, 1.807) is 12.1 Å². The Kier molecular flexibility index (Phi) is 8.28. The molecular weight excluding hydrogens is 474 g/mol. The second kappa shape index (κ2) is 11.8. The molecule has 0 unspecified atom stereocenters. The predicted octanol–water partition coefficient (Wildman–Crippen LogP) is 5.29. The van der Waals surface area contributed by atoms with E-state index in [0.717, 1.165) is 22.0 Å². The summed E-state index contributed by atoms with van der Waals surface area (Å²) in [5.74, 6) is -0.303. The number of H-pyrrole nitrogens is 1. The summed E-state index contributed by atoms with van der Waals surface area (Å²) in [4.78, 5) is 29.1. The highest BCUT2D eigenvalue weighted by Crippen LogP contribution is 2.34. The summed E-state index contributed by atoms with van der Waals surface area (Å²) in [7, 11) is 0. The Morgan fingerprint density at radius 3 is 2.36 bits per heavy atom. The molecule has 7 heteroatoms. The van der Waals surface area contributed by atoms with Crippen molar-refractivity contribution in [1.82, 2.24) is 15.6 Å². The quantitative estimate of drug-likeness (QED) is 0.275. The van der Waals surface area contributed by atoms with Gasteiger partial charge in [0, 0.05) is 34.6 Å². The smallest absolute Gasteiger partial charge is 0.258 e. The highest BCUT2D eigenvalue weighted by Gasteiger charge is 2.27. The zero-order valence-electron chi connectivity index (χ0n) is 20.3. The molecule has 0 bridgehead atoms. The number of carbonyl (C=O) groups excluding carboxylic acids is 2. The first-order chi connectivity index (χ1) is 17.4. The number of rotatable bonds is 10. The summed E-state index contributed by atoms with van der Waals surface area (Å²) in [5, 5.41) is 7.58. The second-order valence-corrected chi connectivity index (χ2v) is 9.41. The molecule has 0 aliphatic heterocycles. The van der Waals surface area contributed by atoms with Gasteiger partial charge in [-0.2, -0.15) is 0 Å². The molecule has 0 saturated carbocycles. The summed E-state index contributed by atoms with van der Waals surface area (Å²) in [6, 6.07) is 24.1. The maximum atomic E-state index is 13.2. The van der Waals surface area contributed by atoms with Gasteiger partial charge in [-0.25, -0.2) is 0 Å². The minimum absolute atomic E-state index is 0.113. The molecule has 0 saturated heterocycles. The average molecular weight is 504 g/mol. The zero-order valence-corrected chi connectivity index (χ0v) is 21.1. The van der Waals surface area contributed by atoms with Crippen LogP contribution in [0.4, 0.5) is 0 Å². The number of benzene rings is 3. The van der Waals surface area contributed by atoms with Crippen LogP contribution < -0.4 is 15.4 Å². The van der Waals surface area contributed by atoms with E-state index in [4.69, 9.17) is 16.3 Å². The highest BCUT2D eigenvalue weighted by molar-refractivity contribution is 6.31. The van der Waals surface area contributed by atoms with E-state index in [-0.39, 0.29) is 30.3 Å². The van der Waals surface area contributed by atoms with Crippen LogP contribution in [0.25, 0.3) is 10.9 Å². The fourth-order valence-electron chi connectivity index (χ4n) is 4.26. The number of halogens is 1. The fraction of sp³-hybridized carbons (Fsp3) is 0.241. The molecule has 1 aromatic heterocycles. The molecule has 0 spiro atoms. The topological polar surface area (TPSA) is 83.2 Å². The van der Waals surface area contributed by atoms with Crippen molar-refractivity contribution in [3.05, 3.63) is 101 Å². The third-order valence-corrected chi connectivity index (χ3v) is 6.48. The van der Waals surface area contributed by atoms with Gasteiger partial charge in [0.2, 0.25) is 5.91 Å². The van der Waals surface area contributed by atoms with Crippen molar-refractivity contribution in [3.8, 4) is 5.75 Å². The summed E-state index contributed by atoms with van der Waals surface area (Å²) in [6.07, 6.45) is 1.97. The van der Waals surface area contributed by atoms with Crippen LogP contribution >= 0.6 is 11.6 Å². The molecule has 4 rings (SSSR count). The van der Waals surface area contributed by atoms with Gasteiger partial charge in [-0.1, -0.05) is 80.0 Å². The molecule has 0 aliphatic carbocycles. The molecule has 0 radical (unpaired) electrons. The predicted molar refractivity (Wildman–Crippen MR) is 143 cm³/mol. The number of amides is 2. The molecule has 186 valence electrons. The highest BCUT2D eigenvalue weighted by atomic mass is 35.5. The molecule has 0 aliphatic rings. The van der Waals surface area contributed by atoms with Gasteiger partial charge < -0.3 is 20.4 Å². The summed E-state index contributed by atoms with van der Waals surface area (Å²) in [6.45, 7) is 3.95. The Morgan fingerprint density at radius 2 is 1.61 bits per heavy atom. The lowest BCUT2D eigenvalue weighted by Gasteiger charge is -2.24. The van der Waals surface area contributed by atoms with Crippen molar-refractivity contribution in [2.45, 2.75) is 25.8 Å². The maximum absolute atomic E-state index is 13.2. The number of carbonyl (C=O) groups is 2. The van der Waals surface area contributed by atoms with Crippen LogP contribution in [0.15, 0.2) is 85.1 Å². The number of hydrogen-bond acceptors (Lipinski definition) is 3. The van der Waals surface area contributed by atoms with E-state index in [9.17, 15) is 9.59 Å².